The van der Waals surface area contributed by atoms with Crippen LogP contribution >= 0.6 is 12.4 Å². The molecule has 0 atom stereocenters. The number of hydrogen-bond donors (Lipinski definition) is 2. The highest BCUT2D eigenvalue weighted by Gasteiger charge is 2.30. The molecule has 0 spiro atoms. The molecular formula is C5H13ClN2. The fourth-order valence-corrected chi connectivity index (χ4v) is 0.835. The molecule has 0 bridgehead atoms. The van der Waals surface area contributed by atoms with Gasteiger partial charge in [-0.15, -0.1) is 12.4 Å². The first-order valence-electron chi connectivity index (χ1n) is 2.76. The van der Waals surface area contributed by atoms with Gasteiger partial charge in [-0.1, -0.05) is 0 Å². The molecule has 0 heterocycles. The van der Waals surface area contributed by atoms with Gasteiger partial charge in [0.05, 0.1) is 0 Å². The van der Waals surface area contributed by atoms with Gasteiger partial charge in [0.2, 0.25) is 0 Å². The van der Waals surface area contributed by atoms with Gasteiger partial charge in [-0.3, -0.25) is 0 Å². The highest BCUT2D eigenvalue weighted by atomic mass is 35.5. The van der Waals surface area contributed by atoms with Crippen molar-refractivity contribution in [2.24, 2.45) is 11.5 Å². The highest BCUT2D eigenvalue weighted by molar-refractivity contribution is 5.85. The van der Waals surface area contributed by atoms with Crippen LogP contribution in [-0.2, 0) is 0 Å². The highest BCUT2D eigenvalue weighted by Crippen LogP contribution is 2.27. The summed E-state index contributed by atoms with van der Waals surface area (Å²) in [6.07, 6.45) is 3.53. The van der Waals surface area contributed by atoms with Gasteiger partial charge in [0, 0.05) is 12.1 Å². The first-order valence-corrected chi connectivity index (χ1v) is 2.76. The average Bonchev–Trinajstić information content (AvgIpc) is 1.61. The summed E-state index contributed by atoms with van der Waals surface area (Å²) < 4.78 is 0. The number of hydrogen-bond acceptors (Lipinski definition) is 2. The van der Waals surface area contributed by atoms with Crippen LogP contribution in [0.25, 0.3) is 0 Å². The van der Waals surface area contributed by atoms with Crippen LogP contribution in [0.2, 0.25) is 0 Å². The quantitative estimate of drug-likeness (QED) is 0.543. The van der Waals surface area contributed by atoms with Crippen LogP contribution in [0, 0.1) is 0 Å². The minimum atomic E-state index is 0. The molecule has 0 aromatic heterocycles. The molecule has 3 heteroatoms. The lowest BCUT2D eigenvalue weighted by Gasteiger charge is -2.36. The summed E-state index contributed by atoms with van der Waals surface area (Å²) in [5.74, 6) is 0. The Balaban J connectivity index is 0.000000490. The molecule has 0 saturated heterocycles. The topological polar surface area (TPSA) is 52.0 Å². The predicted octanol–water partition coefficient (Wildman–Crippen LogP) is 0.248. The van der Waals surface area contributed by atoms with E-state index in [1.165, 1.54) is 6.42 Å². The largest absolute Gasteiger partial charge is 0.329 e. The monoisotopic (exact) mass is 136 g/mol. The van der Waals surface area contributed by atoms with E-state index >= 15 is 0 Å². The Bertz CT molecular complexity index is 65.3. The molecule has 1 aliphatic rings. The molecule has 1 aliphatic carbocycles. The fourth-order valence-electron chi connectivity index (χ4n) is 0.835. The van der Waals surface area contributed by atoms with Crippen molar-refractivity contribution in [2.75, 3.05) is 6.54 Å². The lowest BCUT2D eigenvalue weighted by Crippen LogP contribution is -2.52. The van der Waals surface area contributed by atoms with Crippen LogP contribution < -0.4 is 11.5 Å². The summed E-state index contributed by atoms with van der Waals surface area (Å²) in [6.45, 7) is 0.660. The fraction of sp³-hybridized carbons (Fsp3) is 1.00. The zero-order valence-corrected chi connectivity index (χ0v) is 5.71. The summed E-state index contributed by atoms with van der Waals surface area (Å²) in [7, 11) is 0. The number of nitrogens with two attached hydrogens (primary N) is 2. The van der Waals surface area contributed by atoms with E-state index in [1.807, 2.05) is 0 Å². The second kappa shape index (κ2) is 2.67. The maximum Gasteiger partial charge on any atom is 0.0278 e. The molecule has 0 radical (unpaired) electrons. The molecule has 0 unspecified atom stereocenters. The summed E-state index contributed by atoms with van der Waals surface area (Å²) in [5, 5.41) is 0. The predicted molar refractivity (Wildman–Crippen MR) is 37.1 cm³/mol. The van der Waals surface area contributed by atoms with Crippen LogP contribution in [0.4, 0.5) is 0 Å². The second-order valence-corrected chi connectivity index (χ2v) is 2.42. The van der Waals surface area contributed by atoms with Crippen LogP contribution in [0.5, 0.6) is 0 Å². The van der Waals surface area contributed by atoms with Crippen LogP contribution in [-0.4, -0.2) is 12.1 Å². The van der Waals surface area contributed by atoms with E-state index in [4.69, 9.17) is 11.5 Å². The van der Waals surface area contributed by atoms with Crippen molar-refractivity contribution in [2.45, 2.75) is 24.8 Å². The maximum absolute atomic E-state index is 5.68. The third kappa shape index (κ3) is 1.34. The third-order valence-electron chi connectivity index (χ3n) is 1.76. The molecule has 0 amide bonds. The van der Waals surface area contributed by atoms with E-state index in [0.717, 1.165) is 12.8 Å². The lowest BCUT2D eigenvalue weighted by molar-refractivity contribution is 0.258. The molecule has 0 aromatic rings. The van der Waals surface area contributed by atoms with E-state index in [9.17, 15) is 0 Å². The summed E-state index contributed by atoms with van der Waals surface area (Å²) >= 11 is 0. The minimum Gasteiger partial charge on any atom is -0.329 e. The van der Waals surface area contributed by atoms with E-state index in [0.29, 0.717) is 6.54 Å². The van der Waals surface area contributed by atoms with Crippen molar-refractivity contribution in [3.05, 3.63) is 0 Å². The zero-order chi connectivity index (χ0) is 5.33. The smallest absolute Gasteiger partial charge is 0.0278 e. The zero-order valence-electron chi connectivity index (χ0n) is 4.89. The first-order chi connectivity index (χ1) is 3.27. The van der Waals surface area contributed by atoms with Crippen LogP contribution in [0.1, 0.15) is 19.3 Å². The van der Waals surface area contributed by atoms with Gasteiger partial charge in [-0.2, -0.15) is 0 Å². The normalized spacial score (nSPS) is 23.2. The van der Waals surface area contributed by atoms with Crippen molar-refractivity contribution in [3.8, 4) is 0 Å². The molecule has 1 rings (SSSR count). The van der Waals surface area contributed by atoms with Crippen molar-refractivity contribution in [1.82, 2.24) is 0 Å². The van der Waals surface area contributed by atoms with Crippen molar-refractivity contribution >= 4 is 12.4 Å². The Morgan fingerprint density at radius 2 is 1.88 bits per heavy atom. The van der Waals surface area contributed by atoms with Gasteiger partial charge in [0.25, 0.3) is 0 Å². The van der Waals surface area contributed by atoms with Crippen LogP contribution in [0.15, 0.2) is 0 Å². The molecule has 1 fully saturated rings. The van der Waals surface area contributed by atoms with Gasteiger partial charge in [-0.05, 0) is 19.3 Å². The van der Waals surface area contributed by atoms with Crippen molar-refractivity contribution in [1.29, 1.82) is 0 Å². The van der Waals surface area contributed by atoms with E-state index in [2.05, 4.69) is 0 Å². The first kappa shape index (κ1) is 8.21. The summed E-state index contributed by atoms with van der Waals surface area (Å²) in [5.41, 5.74) is 11.1. The van der Waals surface area contributed by atoms with Crippen molar-refractivity contribution < 1.29 is 0 Å². The average molecular weight is 137 g/mol. The summed E-state index contributed by atoms with van der Waals surface area (Å²) in [4.78, 5) is 0. The maximum atomic E-state index is 5.68. The Morgan fingerprint density at radius 3 is 1.88 bits per heavy atom. The molecule has 50 valence electrons. The Labute approximate surface area is 56.0 Å². The summed E-state index contributed by atoms with van der Waals surface area (Å²) in [6, 6.07) is 0. The molecule has 8 heavy (non-hydrogen) atoms. The molecule has 2 nitrogen and oxygen atoms in total. The number of halogens is 1. The SMILES string of the molecule is Cl.NCC1(N)CCC1. The standard InChI is InChI=1S/C5H12N2.ClH/c6-4-5(7)2-1-3-5;/h1-4,6-7H2;1H. The van der Waals surface area contributed by atoms with Gasteiger partial charge < -0.3 is 11.5 Å². The Hall–Kier alpha value is 0.210. The van der Waals surface area contributed by atoms with Gasteiger partial charge in [0.1, 0.15) is 0 Å². The van der Waals surface area contributed by atoms with Crippen LogP contribution in [0.3, 0.4) is 0 Å². The van der Waals surface area contributed by atoms with Gasteiger partial charge in [0.15, 0.2) is 0 Å². The van der Waals surface area contributed by atoms with Crippen molar-refractivity contribution in [3.63, 3.8) is 0 Å². The van der Waals surface area contributed by atoms with E-state index < -0.39 is 0 Å². The molecular weight excluding hydrogens is 124 g/mol. The second-order valence-electron chi connectivity index (χ2n) is 2.42. The molecule has 0 aliphatic heterocycles. The van der Waals surface area contributed by atoms with E-state index in [1.54, 1.807) is 0 Å². The molecule has 4 N–H and O–H groups in total. The third-order valence-corrected chi connectivity index (χ3v) is 1.76. The Kier molecular flexibility index (Phi) is 2.74. The van der Waals surface area contributed by atoms with Gasteiger partial charge >= 0.3 is 0 Å². The van der Waals surface area contributed by atoms with Gasteiger partial charge in [-0.25, -0.2) is 0 Å². The number of rotatable bonds is 1. The Morgan fingerprint density at radius 1 is 1.38 bits per heavy atom. The molecule has 1 saturated carbocycles. The molecule has 0 aromatic carbocycles. The van der Waals surface area contributed by atoms with E-state index in [-0.39, 0.29) is 17.9 Å². The lowest BCUT2D eigenvalue weighted by atomic mass is 9.78. The minimum absolute atomic E-state index is 0.